The molecule has 0 saturated heterocycles. The Morgan fingerprint density at radius 2 is 2.07 bits per heavy atom. The molecule has 1 amide bonds. The van der Waals surface area contributed by atoms with Crippen molar-refractivity contribution in [2.45, 2.75) is 39.7 Å². The lowest BCUT2D eigenvalue weighted by Gasteiger charge is -2.05. The third-order valence-corrected chi connectivity index (χ3v) is 5.05. The molecule has 0 saturated carbocycles. The van der Waals surface area contributed by atoms with E-state index in [0.717, 1.165) is 48.3 Å². The van der Waals surface area contributed by atoms with E-state index in [0.29, 0.717) is 11.7 Å². The monoisotopic (exact) mass is 411 g/mol. The van der Waals surface area contributed by atoms with Crippen LogP contribution in [0.2, 0.25) is 5.15 Å². The van der Waals surface area contributed by atoms with E-state index in [2.05, 4.69) is 22.4 Å². The molecule has 2 aromatic heterocycles. The van der Waals surface area contributed by atoms with E-state index in [4.69, 9.17) is 11.6 Å². The number of carbonyl (C=O) groups is 1. The zero-order chi connectivity index (χ0) is 20.6. The van der Waals surface area contributed by atoms with Crippen molar-refractivity contribution >= 4 is 23.6 Å². The summed E-state index contributed by atoms with van der Waals surface area (Å²) in [4.78, 5) is 12.1. The van der Waals surface area contributed by atoms with Crippen molar-refractivity contribution in [1.29, 1.82) is 0 Å². The number of nitrogens with zero attached hydrogens (tertiary/aromatic N) is 4. The number of hydrogen-bond acceptors (Lipinski definition) is 3. The second kappa shape index (κ2) is 10.1. The Hall–Kier alpha value is -2.86. The van der Waals surface area contributed by atoms with Gasteiger partial charge in [-0.15, -0.1) is 0 Å². The van der Waals surface area contributed by atoms with Gasteiger partial charge in [-0.1, -0.05) is 37.1 Å². The number of unbranched alkanes of at least 4 members (excludes halogenated alkanes) is 1. The fourth-order valence-corrected chi connectivity index (χ4v) is 3.32. The highest BCUT2D eigenvalue weighted by atomic mass is 35.5. The fourth-order valence-electron chi connectivity index (χ4n) is 3.00. The van der Waals surface area contributed by atoms with Gasteiger partial charge in [-0.3, -0.25) is 9.48 Å². The Kier molecular flexibility index (Phi) is 7.25. The molecule has 0 spiro atoms. The number of rotatable bonds is 9. The minimum atomic E-state index is -0.144. The average molecular weight is 412 g/mol. The minimum Gasteiger partial charge on any atom is -0.352 e. The van der Waals surface area contributed by atoms with Gasteiger partial charge in [-0.2, -0.15) is 10.2 Å². The van der Waals surface area contributed by atoms with E-state index in [1.807, 2.05) is 48.1 Å². The summed E-state index contributed by atoms with van der Waals surface area (Å²) < 4.78 is 3.61. The van der Waals surface area contributed by atoms with Crippen molar-refractivity contribution in [2.24, 2.45) is 0 Å². The van der Waals surface area contributed by atoms with Crippen molar-refractivity contribution in [3.8, 4) is 5.69 Å². The number of amides is 1. The van der Waals surface area contributed by atoms with Crippen molar-refractivity contribution in [1.82, 2.24) is 24.9 Å². The molecule has 29 heavy (non-hydrogen) atoms. The zero-order valence-corrected chi connectivity index (χ0v) is 17.6. The van der Waals surface area contributed by atoms with E-state index in [1.54, 1.807) is 17.0 Å². The van der Waals surface area contributed by atoms with Crippen LogP contribution >= 0.6 is 11.6 Å². The van der Waals surface area contributed by atoms with Gasteiger partial charge < -0.3 is 5.32 Å². The molecule has 0 unspecified atom stereocenters. The summed E-state index contributed by atoms with van der Waals surface area (Å²) in [6, 6.07) is 10.0. The highest BCUT2D eigenvalue weighted by molar-refractivity contribution is 6.31. The first-order chi connectivity index (χ1) is 14.1. The van der Waals surface area contributed by atoms with Gasteiger partial charge >= 0.3 is 0 Å². The van der Waals surface area contributed by atoms with E-state index in [9.17, 15) is 4.79 Å². The fraction of sp³-hybridized carbons (Fsp3) is 0.318. The molecule has 0 aliphatic carbocycles. The molecule has 3 aromatic rings. The summed E-state index contributed by atoms with van der Waals surface area (Å²) in [5.74, 6) is -0.144. The van der Waals surface area contributed by atoms with E-state index >= 15 is 0 Å². The number of carbonyl (C=O) groups excluding carboxylic acids is 1. The maximum atomic E-state index is 12.1. The lowest BCUT2D eigenvalue weighted by molar-refractivity contribution is -0.116. The molecule has 0 atom stereocenters. The van der Waals surface area contributed by atoms with Crippen molar-refractivity contribution in [2.75, 3.05) is 6.54 Å². The smallest absolute Gasteiger partial charge is 0.244 e. The number of nitrogens with one attached hydrogen (secondary N) is 1. The second-order valence-electron chi connectivity index (χ2n) is 6.86. The van der Waals surface area contributed by atoms with Gasteiger partial charge in [0.25, 0.3) is 0 Å². The third-order valence-electron chi connectivity index (χ3n) is 4.65. The number of halogens is 1. The number of hydrogen-bond donors (Lipinski definition) is 1. The molecule has 0 aliphatic heterocycles. The molecular formula is C22H26ClN5O. The summed E-state index contributed by atoms with van der Waals surface area (Å²) in [5.41, 5.74) is 3.79. The number of benzene rings is 1. The molecular weight excluding hydrogens is 386 g/mol. The number of aryl methyl sites for hydroxylation is 2. The standard InChI is InChI=1S/C22H26ClN5O/c1-3-4-15-28-22(23)20(17(2)26-28)10-11-21(29)24-14-12-18-6-8-19(9-7-18)27-16-5-13-25-27/h5-11,13,16H,3-4,12,14-15H2,1-2H3,(H,24,29)/b11-10+. The van der Waals surface area contributed by atoms with Gasteiger partial charge in [-0.05, 0) is 49.6 Å². The molecule has 1 N–H and O–H groups in total. The predicted octanol–water partition coefficient (Wildman–Crippen LogP) is 4.20. The van der Waals surface area contributed by atoms with Gasteiger partial charge in [0.1, 0.15) is 5.15 Å². The Bertz CT molecular complexity index is 958. The van der Waals surface area contributed by atoms with Crippen LogP contribution in [0.3, 0.4) is 0 Å². The topological polar surface area (TPSA) is 64.7 Å². The van der Waals surface area contributed by atoms with Gasteiger partial charge in [-0.25, -0.2) is 4.68 Å². The summed E-state index contributed by atoms with van der Waals surface area (Å²) in [6.07, 6.45) is 9.77. The molecule has 2 heterocycles. The molecule has 7 heteroatoms. The van der Waals surface area contributed by atoms with Crippen LogP contribution in [0.5, 0.6) is 0 Å². The number of aromatic nitrogens is 4. The molecule has 152 valence electrons. The van der Waals surface area contributed by atoms with Crippen molar-refractivity contribution in [3.63, 3.8) is 0 Å². The maximum Gasteiger partial charge on any atom is 0.244 e. The van der Waals surface area contributed by atoms with Crippen molar-refractivity contribution < 1.29 is 4.79 Å². The molecule has 1 aromatic carbocycles. The maximum absolute atomic E-state index is 12.1. The van der Waals surface area contributed by atoms with E-state index in [-0.39, 0.29) is 5.91 Å². The second-order valence-corrected chi connectivity index (χ2v) is 7.22. The highest BCUT2D eigenvalue weighted by Gasteiger charge is 2.10. The van der Waals surface area contributed by atoms with Crippen LogP contribution in [0.1, 0.15) is 36.6 Å². The van der Waals surface area contributed by atoms with Gasteiger partial charge in [0.2, 0.25) is 5.91 Å². The van der Waals surface area contributed by atoms with Crippen LogP contribution < -0.4 is 5.32 Å². The summed E-state index contributed by atoms with van der Waals surface area (Å²) >= 11 is 6.39. The largest absolute Gasteiger partial charge is 0.352 e. The minimum absolute atomic E-state index is 0.144. The molecule has 0 aliphatic rings. The molecule has 0 radical (unpaired) electrons. The first kappa shape index (κ1) is 20.9. The SMILES string of the molecule is CCCCn1nc(C)c(/C=C/C(=O)NCCc2ccc(-n3cccn3)cc2)c1Cl. The first-order valence-electron chi connectivity index (χ1n) is 9.86. The third kappa shape index (κ3) is 5.57. The van der Waals surface area contributed by atoms with Gasteiger partial charge in [0.05, 0.1) is 11.4 Å². The van der Waals surface area contributed by atoms with E-state index in [1.165, 1.54) is 6.08 Å². The average Bonchev–Trinajstić information content (AvgIpc) is 3.34. The lowest BCUT2D eigenvalue weighted by atomic mass is 10.1. The van der Waals surface area contributed by atoms with Crippen LogP contribution in [0.4, 0.5) is 0 Å². The summed E-state index contributed by atoms with van der Waals surface area (Å²) in [7, 11) is 0. The quantitative estimate of drug-likeness (QED) is 0.536. The Labute approximate surface area is 176 Å². The molecule has 6 nitrogen and oxygen atoms in total. The van der Waals surface area contributed by atoms with Crippen LogP contribution in [-0.2, 0) is 17.8 Å². The summed E-state index contributed by atoms with van der Waals surface area (Å²) in [5, 5.41) is 12.2. The van der Waals surface area contributed by atoms with E-state index < -0.39 is 0 Å². The molecule has 3 rings (SSSR count). The zero-order valence-electron chi connectivity index (χ0n) is 16.8. The van der Waals surface area contributed by atoms with Gasteiger partial charge in [0.15, 0.2) is 0 Å². The Morgan fingerprint density at radius 3 is 2.76 bits per heavy atom. The van der Waals surface area contributed by atoms with Gasteiger partial charge in [0, 0.05) is 37.1 Å². The van der Waals surface area contributed by atoms with Crippen LogP contribution in [0, 0.1) is 6.92 Å². The summed E-state index contributed by atoms with van der Waals surface area (Å²) in [6.45, 7) is 5.38. The Balaban J connectivity index is 1.49. The normalized spacial score (nSPS) is 11.3. The van der Waals surface area contributed by atoms with Crippen LogP contribution in [0.15, 0.2) is 48.8 Å². The first-order valence-corrected chi connectivity index (χ1v) is 10.2. The predicted molar refractivity (Wildman–Crippen MR) is 116 cm³/mol. The molecule has 0 fully saturated rings. The van der Waals surface area contributed by atoms with Crippen molar-refractivity contribution in [3.05, 3.63) is 70.8 Å². The highest BCUT2D eigenvalue weighted by Crippen LogP contribution is 2.21. The van der Waals surface area contributed by atoms with Crippen LogP contribution in [-0.4, -0.2) is 32.0 Å². The lowest BCUT2D eigenvalue weighted by Crippen LogP contribution is -2.23. The molecule has 0 bridgehead atoms. The van der Waals surface area contributed by atoms with Crippen LogP contribution in [0.25, 0.3) is 11.8 Å². The Morgan fingerprint density at radius 1 is 1.28 bits per heavy atom.